The van der Waals surface area contributed by atoms with E-state index >= 15 is 0 Å². The summed E-state index contributed by atoms with van der Waals surface area (Å²) in [6.45, 7) is 0. The Bertz CT molecular complexity index is 737. The molecule has 2 amide bonds. The Hall–Kier alpha value is -2.60. The predicted octanol–water partition coefficient (Wildman–Crippen LogP) is 2.49. The van der Waals surface area contributed by atoms with Crippen LogP contribution < -0.4 is 15.6 Å². The van der Waals surface area contributed by atoms with E-state index in [9.17, 15) is 14.0 Å². The zero-order chi connectivity index (χ0) is 16.8. The normalized spacial score (nSPS) is 10.0. The van der Waals surface area contributed by atoms with Crippen LogP contribution >= 0.6 is 11.6 Å². The summed E-state index contributed by atoms with van der Waals surface area (Å²) in [6.07, 6.45) is -0.0648. The van der Waals surface area contributed by atoms with Crippen molar-refractivity contribution in [2.45, 2.75) is 6.42 Å². The van der Waals surface area contributed by atoms with Gasteiger partial charge in [-0.2, -0.15) is 0 Å². The predicted molar refractivity (Wildman–Crippen MR) is 83.7 cm³/mol. The van der Waals surface area contributed by atoms with E-state index in [4.69, 9.17) is 16.3 Å². The van der Waals surface area contributed by atoms with Crippen LogP contribution in [0.2, 0.25) is 5.02 Å². The van der Waals surface area contributed by atoms with E-state index in [1.165, 1.54) is 31.4 Å². The maximum Gasteiger partial charge on any atom is 0.273 e. The molecular formula is C16H14ClFN2O3. The maximum atomic E-state index is 13.0. The van der Waals surface area contributed by atoms with Crippen molar-refractivity contribution in [2.24, 2.45) is 0 Å². The minimum absolute atomic E-state index is 0.0648. The van der Waals surface area contributed by atoms with Gasteiger partial charge >= 0.3 is 0 Å². The Balaban J connectivity index is 1.96. The number of ether oxygens (including phenoxy) is 1. The number of benzene rings is 2. The minimum Gasteiger partial charge on any atom is -0.496 e. The highest BCUT2D eigenvalue weighted by Crippen LogP contribution is 2.22. The lowest BCUT2D eigenvalue weighted by molar-refractivity contribution is -0.121. The molecular weight excluding hydrogens is 323 g/mol. The van der Waals surface area contributed by atoms with Crippen molar-refractivity contribution in [3.63, 3.8) is 0 Å². The molecule has 2 rings (SSSR count). The second-order valence-electron chi connectivity index (χ2n) is 4.65. The third-order valence-electron chi connectivity index (χ3n) is 2.98. The van der Waals surface area contributed by atoms with Crippen molar-refractivity contribution in [2.75, 3.05) is 7.11 Å². The molecule has 0 heterocycles. The van der Waals surface area contributed by atoms with Crippen molar-refractivity contribution in [3.05, 3.63) is 64.4 Å². The van der Waals surface area contributed by atoms with E-state index in [1.807, 2.05) is 0 Å². The molecule has 120 valence electrons. The average molecular weight is 337 g/mol. The van der Waals surface area contributed by atoms with Gasteiger partial charge in [0.2, 0.25) is 5.91 Å². The summed E-state index contributed by atoms with van der Waals surface area (Å²) in [5.41, 5.74) is 5.21. The van der Waals surface area contributed by atoms with E-state index < -0.39 is 17.6 Å². The molecule has 0 aromatic heterocycles. The van der Waals surface area contributed by atoms with Crippen molar-refractivity contribution >= 4 is 23.4 Å². The van der Waals surface area contributed by atoms with E-state index in [-0.39, 0.29) is 12.0 Å². The molecule has 7 heteroatoms. The van der Waals surface area contributed by atoms with Crippen LogP contribution in [0.5, 0.6) is 5.75 Å². The summed E-state index contributed by atoms with van der Waals surface area (Å²) in [5.74, 6) is -1.16. The van der Waals surface area contributed by atoms with Gasteiger partial charge in [-0.1, -0.05) is 23.7 Å². The second kappa shape index (κ2) is 7.60. The molecule has 5 nitrogen and oxygen atoms in total. The highest BCUT2D eigenvalue weighted by atomic mass is 35.5. The monoisotopic (exact) mass is 336 g/mol. The fourth-order valence-electron chi connectivity index (χ4n) is 1.93. The summed E-state index contributed by atoms with van der Waals surface area (Å²) in [6, 6.07) is 10.2. The van der Waals surface area contributed by atoms with Gasteiger partial charge in [0.15, 0.2) is 0 Å². The van der Waals surface area contributed by atoms with E-state index in [0.717, 1.165) is 0 Å². The number of rotatable bonds is 4. The van der Waals surface area contributed by atoms with E-state index in [0.29, 0.717) is 16.3 Å². The number of halogens is 2. The van der Waals surface area contributed by atoms with Crippen molar-refractivity contribution in [1.82, 2.24) is 10.9 Å². The van der Waals surface area contributed by atoms with E-state index in [2.05, 4.69) is 10.9 Å². The zero-order valence-corrected chi connectivity index (χ0v) is 13.0. The Labute approximate surface area is 137 Å². The molecule has 0 atom stereocenters. The lowest BCUT2D eigenvalue weighted by Gasteiger charge is -2.10. The van der Waals surface area contributed by atoms with Crippen LogP contribution in [0, 0.1) is 5.82 Å². The lowest BCUT2D eigenvalue weighted by Crippen LogP contribution is -2.42. The summed E-state index contributed by atoms with van der Waals surface area (Å²) in [4.78, 5) is 23.8. The number of carbonyl (C=O) groups excluding carboxylic acids is 2. The van der Waals surface area contributed by atoms with Gasteiger partial charge in [0, 0.05) is 5.02 Å². The molecule has 0 saturated heterocycles. The van der Waals surface area contributed by atoms with Crippen molar-refractivity contribution in [3.8, 4) is 5.75 Å². The van der Waals surface area contributed by atoms with Gasteiger partial charge in [-0.3, -0.25) is 20.4 Å². The summed E-state index contributed by atoms with van der Waals surface area (Å²) in [7, 11) is 1.42. The molecule has 0 radical (unpaired) electrons. The van der Waals surface area contributed by atoms with Gasteiger partial charge in [-0.15, -0.1) is 0 Å². The number of carbonyl (C=O) groups is 2. The van der Waals surface area contributed by atoms with Gasteiger partial charge in [0.25, 0.3) is 5.91 Å². The second-order valence-corrected chi connectivity index (χ2v) is 5.09. The molecule has 0 bridgehead atoms. The maximum absolute atomic E-state index is 13.0. The van der Waals surface area contributed by atoms with Gasteiger partial charge in [-0.25, -0.2) is 4.39 Å². The van der Waals surface area contributed by atoms with Crippen LogP contribution in [-0.4, -0.2) is 18.9 Å². The standard InChI is InChI=1S/C16H14ClFN2O3/c1-23-14-6-5-11(17)9-13(14)16(22)20-19-15(21)8-10-3-2-4-12(18)7-10/h2-7,9H,8H2,1H3,(H,19,21)(H,20,22). The summed E-state index contributed by atoms with van der Waals surface area (Å²) >= 11 is 5.84. The molecule has 2 N–H and O–H groups in total. The molecule has 0 fully saturated rings. The topological polar surface area (TPSA) is 67.4 Å². The van der Waals surface area contributed by atoms with E-state index in [1.54, 1.807) is 18.2 Å². The molecule has 2 aromatic carbocycles. The molecule has 23 heavy (non-hydrogen) atoms. The Morgan fingerprint density at radius 2 is 1.96 bits per heavy atom. The number of hydrazine groups is 1. The number of amides is 2. The highest BCUT2D eigenvalue weighted by Gasteiger charge is 2.14. The summed E-state index contributed by atoms with van der Waals surface area (Å²) in [5, 5.41) is 0.363. The fraction of sp³-hybridized carbons (Fsp3) is 0.125. The minimum atomic E-state index is -0.572. The number of methoxy groups -OCH3 is 1. The van der Waals surface area contributed by atoms with Crippen LogP contribution in [0.1, 0.15) is 15.9 Å². The van der Waals surface area contributed by atoms with Gasteiger partial charge in [0.1, 0.15) is 11.6 Å². The summed E-state index contributed by atoms with van der Waals surface area (Å²) < 4.78 is 18.1. The number of nitrogens with one attached hydrogen (secondary N) is 2. The van der Waals surface area contributed by atoms with Crippen molar-refractivity contribution in [1.29, 1.82) is 0 Å². The van der Waals surface area contributed by atoms with Gasteiger partial charge < -0.3 is 4.74 Å². The lowest BCUT2D eigenvalue weighted by atomic mass is 10.1. The van der Waals surface area contributed by atoms with Crippen LogP contribution in [-0.2, 0) is 11.2 Å². The zero-order valence-electron chi connectivity index (χ0n) is 12.2. The first-order valence-corrected chi connectivity index (χ1v) is 7.04. The Morgan fingerprint density at radius 1 is 1.17 bits per heavy atom. The van der Waals surface area contributed by atoms with Crippen molar-refractivity contribution < 1.29 is 18.7 Å². The number of hydrogen-bond donors (Lipinski definition) is 2. The van der Waals surface area contributed by atoms with Gasteiger partial charge in [0.05, 0.1) is 19.1 Å². The van der Waals surface area contributed by atoms with Crippen LogP contribution in [0.3, 0.4) is 0 Å². The SMILES string of the molecule is COc1ccc(Cl)cc1C(=O)NNC(=O)Cc1cccc(F)c1. The highest BCUT2D eigenvalue weighted by molar-refractivity contribution is 6.31. The van der Waals surface area contributed by atoms with Crippen LogP contribution in [0.15, 0.2) is 42.5 Å². The Morgan fingerprint density at radius 3 is 2.65 bits per heavy atom. The molecule has 0 spiro atoms. The molecule has 0 saturated carbocycles. The molecule has 0 unspecified atom stereocenters. The quantitative estimate of drug-likeness (QED) is 0.843. The fourth-order valence-corrected chi connectivity index (χ4v) is 2.10. The first kappa shape index (κ1) is 16.8. The van der Waals surface area contributed by atoms with Crippen LogP contribution in [0.25, 0.3) is 0 Å². The number of hydrogen-bond acceptors (Lipinski definition) is 3. The first-order valence-electron chi connectivity index (χ1n) is 6.67. The average Bonchev–Trinajstić information content (AvgIpc) is 2.52. The first-order chi connectivity index (χ1) is 11.0. The smallest absolute Gasteiger partial charge is 0.273 e. The molecule has 0 aliphatic carbocycles. The molecule has 2 aromatic rings. The van der Waals surface area contributed by atoms with Gasteiger partial charge in [-0.05, 0) is 35.9 Å². The molecule has 0 aliphatic rings. The Kier molecular flexibility index (Phi) is 5.54. The largest absolute Gasteiger partial charge is 0.496 e. The van der Waals surface area contributed by atoms with Crippen LogP contribution in [0.4, 0.5) is 4.39 Å². The third kappa shape index (κ3) is 4.69. The third-order valence-corrected chi connectivity index (χ3v) is 3.21. The molecule has 0 aliphatic heterocycles.